The summed E-state index contributed by atoms with van der Waals surface area (Å²) in [7, 11) is -2.97. The van der Waals surface area contributed by atoms with Gasteiger partial charge < -0.3 is 5.32 Å². The Bertz CT molecular complexity index is 478. The highest BCUT2D eigenvalue weighted by Crippen LogP contribution is 2.18. The molecule has 2 heterocycles. The smallest absolute Gasteiger partial charge is 0.156 e. The van der Waals surface area contributed by atoms with E-state index in [0.717, 1.165) is 37.6 Å². The molecular weight excluding hydrogens is 270 g/mol. The number of hydrogen-bond acceptors (Lipinski definition) is 6. The number of aromatic nitrogens is 1. The fraction of sp³-hybridized carbons (Fsp3) is 0.727. The van der Waals surface area contributed by atoms with Crippen LogP contribution in [0.25, 0.3) is 0 Å². The molecule has 0 aliphatic carbocycles. The molecule has 0 amide bonds. The van der Waals surface area contributed by atoms with Crippen molar-refractivity contribution >= 4 is 21.2 Å². The third kappa shape index (κ3) is 4.01. The van der Waals surface area contributed by atoms with E-state index < -0.39 is 9.84 Å². The highest BCUT2D eigenvalue weighted by atomic mass is 32.2. The Kier molecular flexibility index (Phi) is 4.71. The second-order valence-corrected chi connectivity index (χ2v) is 7.98. The second kappa shape index (κ2) is 6.10. The molecule has 7 heteroatoms. The summed E-state index contributed by atoms with van der Waals surface area (Å²) in [5.74, 6) is 0.259. The van der Waals surface area contributed by atoms with Crippen LogP contribution in [-0.2, 0) is 22.1 Å². The fourth-order valence-corrected chi connectivity index (χ4v) is 4.06. The lowest BCUT2D eigenvalue weighted by Gasteiger charge is -2.26. The van der Waals surface area contributed by atoms with E-state index >= 15 is 0 Å². The molecule has 1 saturated heterocycles. The van der Waals surface area contributed by atoms with Crippen LogP contribution in [0.1, 0.15) is 16.8 Å². The van der Waals surface area contributed by atoms with Crippen LogP contribution in [0.2, 0.25) is 0 Å². The summed E-state index contributed by atoms with van der Waals surface area (Å²) < 4.78 is 23.0. The minimum atomic E-state index is -2.97. The van der Waals surface area contributed by atoms with E-state index in [9.17, 15) is 8.42 Å². The van der Waals surface area contributed by atoms with Gasteiger partial charge in [-0.05, 0) is 0 Å². The molecule has 1 aliphatic rings. The maximum absolute atomic E-state index is 11.5. The summed E-state index contributed by atoms with van der Waals surface area (Å²) in [6.07, 6.45) is 1.81. The molecule has 18 heavy (non-hydrogen) atoms. The van der Waals surface area contributed by atoms with Gasteiger partial charge in [0, 0.05) is 49.6 Å². The van der Waals surface area contributed by atoms with Gasteiger partial charge in [0.05, 0.1) is 0 Å². The van der Waals surface area contributed by atoms with E-state index in [1.165, 1.54) is 11.3 Å². The molecule has 0 radical (unpaired) electrons. The summed E-state index contributed by atoms with van der Waals surface area (Å²) in [6.45, 7) is 6.68. The maximum atomic E-state index is 11.5. The quantitative estimate of drug-likeness (QED) is 0.854. The molecule has 1 N–H and O–H groups in total. The van der Waals surface area contributed by atoms with Gasteiger partial charge in [-0.2, -0.15) is 0 Å². The zero-order valence-electron chi connectivity index (χ0n) is 10.6. The Morgan fingerprint density at radius 2 is 2.17 bits per heavy atom. The lowest BCUT2D eigenvalue weighted by Crippen LogP contribution is -2.42. The Morgan fingerprint density at radius 3 is 2.83 bits per heavy atom. The third-order valence-electron chi connectivity index (χ3n) is 2.97. The number of sulfone groups is 1. The van der Waals surface area contributed by atoms with E-state index in [-0.39, 0.29) is 11.5 Å². The number of rotatable bonds is 5. The second-order valence-electron chi connectivity index (χ2n) is 4.42. The van der Waals surface area contributed by atoms with Crippen LogP contribution >= 0.6 is 11.3 Å². The molecule has 0 aromatic carbocycles. The molecule has 2 rings (SSSR count). The zero-order chi connectivity index (χ0) is 13.0. The molecule has 0 unspecified atom stereocenters. The third-order valence-corrected chi connectivity index (χ3v) is 5.73. The van der Waals surface area contributed by atoms with Crippen LogP contribution in [-0.4, -0.2) is 50.2 Å². The van der Waals surface area contributed by atoms with E-state index in [4.69, 9.17) is 0 Å². The Balaban J connectivity index is 1.93. The van der Waals surface area contributed by atoms with Crippen LogP contribution < -0.4 is 5.32 Å². The van der Waals surface area contributed by atoms with Crippen molar-refractivity contribution < 1.29 is 8.42 Å². The first-order valence-corrected chi connectivity index (χ1v) is 8.80. The first-order chi connectivity index (χ1) is 8.59. The zero-order valence-corrected chi connectivity index (χ0v) is 12.2. The van der Waals surface area contributed by atoms with E-state index in [0.29, 0.717) is 5.01 Å². The highest BCUT2D eigenvalue weighted by Gasteiger charge is 2.15. The number of nitrogens with one attached hydrogen (secondary N) is 1. The van der Waals surface area contributed by atoms with Crippen molar-refractivity contribution in [3.05, 3.63) is 16.1 Å². The highest BCUT2D eigenvalue weighted by molar-refractivity contribution is 7.90. The molecule has 1 aromatic heterocycles. The van der Waals surface area contributed by atoms with Crippen LogP contribution in [0, 0.1) is 0 Å². The Morgan fingerprint density at radius 1 is 1.44 bits per heavy atom. The van der Waals surface area contributed by atoms with Gasteiger partial charge in [0.1, 0.15) is 10.8 Å². The Hall–Kier alpha value is -0.500. The molecule has 1 aromatic rings. The van der Waals surface area contributed by atoms with Gasteiger partial charge in [-0.15, -0.1) is 11.3 Å². The minimum absolute atomic E-state index is 0.0791. The van der Waals surface area contributed by atoms with Crippen LogP contribution in [0.5, 0.6) is 0 Å². The van der Waals surface area contributed by atoms with Gasteiger partial charge in [0.2, 0.25) is 0 Å². The lowest BCUT2D eigenvalue weighted by atomic mass is 10.3. The largest absolute Gasteiger partial charge is 0.314 e. The predicted molar refractivity (Wildman–Crippen MR) is 73.4 cm³/mol. The molecule has 1 fully saturated rings. The van der Waals surface area contributed by atoms with Gasteiger partial charge in [0.15, 0.2) is 9.84 Å². The number of nitrogens with zero attached hydrogens (tertiary/aromatic N) is 2. The molecule has 0 spiro atoms. The van der Waals surface area contributed by atoms with Gasteiger partial charge in [-0.1, -0.05) is 6.92 Å². The van der Waals surface area contributed by atoms with Crippen LogP contribution in [0.15, 0.2) is 6.20 Å². The molecular formula is C11H19N3O2S2. The fourth-order valence-electron chi connectivity index (χ4n) is 1.87. The van der Waals surface area contributed by atoms with Crippen molar-refractivity contribution in [3.8, 4) is 0 Å². The van der Waals surface area contributed by atoms with Crippen molar-refractivity contribution in [1.29, 1.82) is 0 Å². The maximum Gasteiger partial charge on any atom is 0.156 e. The van der Waals surface area contributed by atoms with Crippen molar-refractivity contribution in [2.75, 3.05) is 31.9 Å². The molecule has 0 bridgehead atoms. The SMILES string of the molecule is CCS(=O)(=O)Cc1ncc(CN2CCNCC2)s1. The van der Waals surface area contributed by atoms with Gasteiger partial charge in [-0.25, -0.2) is 13.4 Å². The lowest BCUT2D eigenvalue weighted by molar-refractivity contribution is 0.235. The molecule has 1 aliphatic heterocycles. The standard InChI is InChI=1S/C11H19N3O2S2/c1-2-18(15,16)9-11-13-7-10(17-11)8-14-5-3-12-4-6-14/h7,12H,2-6,8-9H2,1H3. The van der Waals surface area contributed by atoms with E-state index in [1.807, 2.05) is 6.20 Å². The first kappa shape index (κ1) is 13.9. The Labute approximate surface area is 112 Å². The normalized spacial score (nSPS) is 18.1. The summed E-state index contributed by atoms with van der Waals surface area (Å²) in [5, 5.41) is 4.02. The molecule has 5 nitrogen and oxygen atoms in total. The average Bonchev–Trinajstić information content (AvgIpc) is 2.77. The minimum Gasteiger partial charge on any atom is -0.314 e. The topological polar surface area (TPSA) is 62.3 Å². The number of piperazine rings is 1. The van der Waals surface area contributed by atoms with Crippen molar-refractivity contribution in [2.45, 2.75) is 19.2 Å². The predicted octanol–water partition coefficient (Wildman–Crippen LogP) is 0.483. The van der Waals surface area contributed by atoms with Gasteiger partial charge >= 0.3 is 0 Å². The summed E-state index contributed by atoms with van der Waals surface area (Å²) >= 11 is 1.52. The first-order valence-electron chi connectivity index (χ1n) is 6.16. The number of thiazole rings is 1. The molecule has 102 valence electrons. The van der Waals surface area contributed by atoms with Crippen molar-refractivity contribution in [2.24, 2.45) is 0 Å². The van der Waals surface area contributed by atoms with Crippen molar-refractivity contribution in [3.63, 3.8) is 0 Å². The van der Waals surface area contributed by atoms with Gasteiger partial charge in [0.25, 0.3) is 0 Å². The summed E-state index contributed by atoms with van der Waals surface area (Å²) in [4.78, 5) is 7.73. The number of hydrogen-bond donors (Lipinski definition) is 1. The van der Waals surface area contributed by atoms with E-state index in [1.54, 1.807) is 6.92 Å². The van der Waals surface area contributed by atoms with Gasteiger partial charge in [-0.3, -0.25) is 4.90 Å². The molecule has 0 atom stereocenters. The summed E-state index contributed by atoms with van der Waals surface area (Å²) in [6, 6.07) is 0. The summed E-state index contributed by atoms with van der Waals surface area (Å²) in [5.41, 5.74) is 0. The van der Waals surface area contributed by atoms with E-state index in [2.05, 4.69) is 15.2 Å². The monoisotopic (exact) mass is 289 g/mol. The van der Waals surface area contributed by atoms with Crippen molar-refractivity contribution in [1.82, 2.24) is 15.2 Å². The van der Waals surface area contributed by atoms with Crippen LogP contribution in [0.3, 0.4) is 0 Å². The van der Waals surface area contributed by atoms with Crippen LogP contribution in [0.4, 0.5) is 0 Å². The molecule has 0 saturated carbocycles. The average molecular weight is 289 g/mol.